The second kappa shape index (κ2) is 6.88. The van der Waals surface area contributed by atoms with E-state index in [1.54, 1.807) is 23.1 Å². The van der Waals surface area contributed by atoms with Gasteiger partial charge >= 0.3 is 0 Å². The Balaban J connectivity index is 1.90. The van der Waals surface area contributed by atoms with Crippen LogP contribution in [0.25, 0.3) is 0 Å². The maximum Gasteiger partial charge on any atom is 0.265 e. The van der Waals surface area contributed by atoms with Crippen LogP contribution in [0.5, 0.6) is 5.75 Å². The van der Waals surface area contributed by atoms with Gasteiger partial charge in [-0.3, -0.25) is 15.0 Å². The van der Waals surface area contributed by atoms with Gasteiger partial charge in [0.05, 0.1) is 13.2 Å². The van der Waals surface area contributed by atoms with Crippen LogP contribution in [0.4, 0.5) is 0 Å². The molecule has 3 N–H and O–H groups in total. The molecule has 1 aromatic rings. The number of hydrogen-bond donors (Lipinski definition) is 2. The van der Waals surface area contributed by atoms with E-state index < -0.39 is 5.91 Å². The molecule has 108 valence electrons. The molecule has 2 rings (SSSR count). The number of carbonyl (C=O) groups excluding carboxylic acids is 2. The lowest BCUT2D eigenvalue weighted by Crippen LogP contribution is -2.43. The summed E-state index contributed by atoms with van der Waals surface area (Å²) in [4.78, 5) is 25.0. The van der Waals surface area contributed by atoms with Crippen LogP contribution < -0.4 is 16.0 Å². The zero-order valence-corrected chi connectivity index (χ0v) is 11.0. The molecular weight excluding hydrogens is 262 g/mol. The van der Waals surface area contributed by atoms with Crippen molar-refractivity contribution in [3.8, 4) is 5.75 Å². The van der Waals surface area contributed by atoms with Crippen molar-refractivity contribution in [1.82, 2.24) is 10.3 Å². The highest BCUT2D eigenvalue weighted by molar-refractivity contribution is 5.94. The third kappa shape index (κ3) is 3.69. The Hall–Kier alpha value is -2.12. The highest BCUT2D eigenvalue weighted by Crippen LogP contribution is 2.13. The summed E-state index contributed by atoms with van der Waals surface area (Å²) in [5, 5.41) is 0. The quantitative estimate of drug-likeness (QED) is 0.441. The van der Waals surface area contributed by atoms with E-state index in [1.807, 2.05) is 5.43 Å². The molecule has 1 heterocycles. The molecule has 0 bridgehead atoms. The molecule has 0 spiro atoms. The monoisotopic (exact) mass is 279 g/mol. The van der Waals surface area contributed by atoms with E-state index in [2.05, 4.69) is 0 Å². The average molecular weight is 279 g/mol. The highest BCUT2D eigenvalue weighted by Gasteiger charge is 2.17. The Morgan fingerprint density at radius 1 is 1.35 bits per heavy atom. The van der Waals surface area contributed by atoms with Gasteiger partial charge in [0.2, 0.25) is 0 Å². The number of nitrogen functional groups attached to an aromatic ring is 1. The van der Waals surface area contributed by atoms with Gasteiger partial charge in [-0.15, -0.1) is 0 Å². The summed E-state index contributed by atoms with van der Waals surface area (Å²) in [5.41, 5.74) is 2.42. The fraction of sp³-hybridized carbons (Fsp3) is 0.385. The van der Waals surface area contributed by atoms with Gasteiger partial charge in [-0.05, 0) is 18.2 Å². The third-order valence-corrected chi connectivity index (χ3v) is 2.95. The second-order valence-electron chi connectivity index (χ2n) is 4.28. The molecule has 1 saturated heterocycles. The maximum atomic E-state index is 11.9. The predicted molar refractivity (Wildman–Crippen MR) is 71.0 cm³/mol. The molecule has 7 nitrogen and oxygen atoms in total. The third-order valence-electron chi connectivity index (χ3n) is 2.95. The average Bonchev–Trinajstić information content (AvgIpc) is 2.53. The molecule has 0 saturated carbocycles. The van der Waals surface area contributed by atoms with Gasteiger partial charge in [0.15, 0.2) is 6.61 Å². The van der Waals surface area contributed by atoms with E-state index in [0.29, 0.717) is 37.6 Å². The standard InChI is InChI=1S/C13H17N3O4/c14-15-13(18)10-2-1-3-11(8-10)20-9-12(17)16-4-6-19-7-5-16/h1-3,8H,4-7,9,14H2,(H,15,18). The molecule has 7 heteroatoms. The van der Waals surface area contributed by atoms with E-state index in [1.165, 1.54) is 6.07 Å². The van der Waals surface area contributed by atoms with Crippen LogP contribution in [0.2, 0.25) is 0 Å². The van der Waals surface area contributed by atoms with Crippen LogP contribution in [0, 0.1) is 0 Å². The van der Waals surface area contributed by atoms with Crippen LogP contribution in [0.15, 0.2) is 24.3 Å². The van der Waals surface area contributed by atoms with Crippen molar-refractivity contribution in [2.75, 3.05) is 32.9 Å². The molecule has 0 radical (unpaired) electrons. The van der Waals surface area contributed by atoms with Crippen LogP contribution in [0.3, 0.4) is 0 Å². The number of nitrogens with zero attached hydrogens (tertiary/aromatic N) is 1. The van der Waals surface area contributed by atoms with Crippen LogP contribution in [-0.4, -0.2) is 49.6 Å². The molecular formula is C13H17N3O4. The smallest absolute Gasteiger partial charge is 0.265 e. The lowest BCUT2D eigenvalue weighted by atomic mass is 10.2. The minimum absolute atomic E-state index is 0.0618. The Bertz CT molecular complexity index is 486. The zero-order chi connectivity index (χ0) is 14.4. The van der Waals surface area contributed by atoms with Crippen molar-refractivity contribution in [2.45, 2.75) is 0 Å². The number of nitrogens with one attached hydrogen (secondary N) is 1. The minimum Gasteiger partial charge on any atom is -0.484 e. The van der Waals surface area contributed by atoms with Gasteiger partial charge < -0.3 is 14.4 Å². The van der Waals surface area contributed by atoms with Crippen molar-refractivity contribution < 1.29 is 19.1 Å². The van der Waals surface area contributed by atoms with Gasteiger partial charge in [0, 0.05) is 18.7 Å². The first kappa shape index (κ1) is 14.3. The molecule has 1 aliphatic rings. The van der Waals surface area contributed by atoms with Crippen LogP contribution in [-0.2, 0) is 9.53 Å². The first-order valence-electron chi connectivity index (χ1n) is 6.30. The Morgan fingerprint density at radius 2 is 2.10 bits per heavy atom. The molecule has 0 atom stereocenters. The molecule has 1 fully saturated rings. The summed E-state index contributed by atoms with van der Waals surface area (Å²) >= 11 is 0. The van der Waals surface area contributed by atoms with Crippen LogP contribution in [0.1, 0.15) is 10.4 Å². The number of nitrogens with two attached hydrogens (primary N) is 1. The molecule has 0 unspecified atom stereocenters. The van der Waals surface area contributed by atoms with Crippen molar-refractivity contribution in [3.63, 3.8) is 0 Å². The molecule has 0 aromatic heterocycles. The first-order valence-corrected chi connectivity index (χ1v) is 6.30. The Morgan fingerprint density at radius 3 is 2.80 bits per heavy atom. The zero-order valence-electron chi connectivity index (χ0n) is 11.0. The molecule has 2 amide bonds. The van der Waals surface area contributed by atoms with Gasteiger partial charge in [-0.1, -0.05) is 6.07 Å². The summed E-state index contributed by atoms with van der Waals surface area (Å²) in [6.07, 6.45) is 0. The van der Waals surface area contributed by atoms with E-state index in [4.69, 9.17) is 15.3 Å². The van der Waals surface area contributed by atoms with Gasteiger partial charge in [0.1, 0.15) is 5.75 Å². The van der Waals surface area contributed by atoms with E-state index in [9.17, 15) is 9.59 Å². The number of hydrazine groups is 1. The summed E-state index contributed by atoms with van der Waals surface area (Å²) in [7, 11) is 0. The SMILES string of the molecule is NNC(=O)c1cccc(OCC(=O)N2CCOCC2)c1. The van der Waals surface area contributed by atoms with Crippen molar-refractivity contribution in [3.05, 3.63) is 29.8 Å². The topological polar surface area (TPSA) is 93.9 Å². The largest absolute Gasteiger partial charge is 0.484 e. The first-order chi connectivity index (χ1) is 9.70. The van der Waals surface area contributed by atoms with Crippen molar-refractivity contribution in [1.29, 1.82) is 0 Å². The lowest BCUT2D eigenvalue weighted by molar-refractivity contribution is -0.137. The minimum atomic E-state index is -0.407. The molecule has 20 heavy (non-hydrogen) atoms. The van der Waals surface area contributed by atoms with E-state index in [0.717, 1.165) is 0 Å². The number of rotatable bonds is 4. The summed E-state index contributed by atoms with van der Waals surface area (Å²) in [6.45, 7) is 2.21. The Labute approximate surface area is 116 Å². The fourth-order valence-corrected chi connectivity index (χ4v) is 1.86. The van der Waals surface area contributed by atoms with Crippen molar-refractivity contribution in [2.24, 2.45) is 5.84 Å². The van der Waals surface area contributed by atoms with E-state index in [-0.39, 0.29) is 12.5 Å². The number of morpholine rings is 1. The van der Waals surface area contributed by atoms with Gasteiger partial charge in [-0.25, -0.2) is 5.84 Å². The summed E-state index contributed by atoms with van der Waals surface area (Å²) in [6, 6.07) is 6.49. The van der Waals surface area contributed by atoms with Crippen molar-refractivity contribution >= 4 is 11.8 Å². The number of amides is 2. The number of hydrogen-bond acceptors (Lipinski definition) is 5. The predicted octanol–water partition coefficient (Wildman–Crippen LogP) is -0.472. The van der Waals surface area contributed by atoms with Gasteiger partial charge in [-0.2, -0.15) is 0 Å². The lowest BCUT2D eigenvalue weighted by Gasteiger charge is -2.26. The Kier molecular flexibility index (Phi) is 4.91. The van der Waals surface area contributed by atoms with Gasteiger partial charge in [0.25, 0.3) is 11.8 Å². The fourth-order valence-electron chi connectivity index (χ4n) is 1.86. The normalized spacial score (nSPS) is 14.8. The molecule has 0 aliphatic carbocycles. The number of carbonyl (C=O) groups is 2. The maximum absolute atomic E-state index is 11.9. The highest BCUT2D eigenvalue weighted by atomic mass is 16.5. The summed E-state index contributed by atoms with van der Waals surface area (Å²) < 4.78 is 10.6. The number of ether oxygens (including phenoxy) is 2. The van der Waals surface area contributed by atoms with Crippen LogP contribution >= 0.6 is 0 Å². The van der Waals surface area contributed by atoms with E-state index >= 15 is 0 Å². The molecule has 1 aliphatic heterocycles. The second-order valence-corrected chi connectivity index (χ2v) is 4.28. The number of benzene rings is 1. The molecule has 1 aromatic carbocycles. The summed E-state index contributed by atoms with van der Waals surface area (Å²) in [5.74, 6) is 5.01.